The van der Waals surface area contributed by atoms with Crippen molar-refractivity contribution in [2.75, 3.05) is 5.01 Å². The molecule has 1 unspecified atom stereocenters. The molecule has 7 nitrogen and oxygen atoms in total. The number of aromatic nitrogens is 2. The average Bonchev–Trinajstić information content (AvgIpc) is 3.48. The van der Waals surface area contributed by atoms with E-state index in [2.05, 4.69) is 26.2 Å². The minimum Gasteiger partial charge on any atom is -0.344 e. The van der Waals surface area contributed by atoms with Crippen molar-refractivity contribution in [2.45, 2.75) is 38.2 Å². The van der Waals surface area contributed by atoms with Crippen LogP contribution in [0.2, 0.25) is 0 Å². The number of hydrogen-bond donors (Lipinski definition) is 3. The molecule has 13 heteroatoms. The first kappa shape index (κ1) is 22.8. The molecule has 0 bridgehead atoms. The molecule has 1 saturated carbocycles. The third-order valence-electron chi connectivity index (χ3n) is 5.15. The molecule has 3 N–H and O–H groups in total. The van der Waals surface area contributed by atoms with Gasteiger partial charge in [-0.05, 0) is 38.0 Å². The summed E-state index contributed by atoms with van der Waals surface area (Å²) >= 11 is 0. The van der Waals surface area contributed by atoms with Crippen molar-refractivity contribution < 1.29 is 31.1 Å². The van der Waals surface area contributed by atoms with Gasteiger partial charge in [0.15, 0.2) is 5.82 Å². The number of halogens is 6. The van der Waals surface area contributed by atoms with Crippen molar-refractivity contribution in [3.63, 3.8) is 0 Å². The lowest BCUT2D eigenvalue weighted by Crippen LogP contribution is -2.38. The van der Waals surface area contributed by atoms with E-state index < -0.39 is 41.0 Å². The molecule has 33 heavy (non-hydrogen) atoms. The molecule has 1 atom stereocenters. The fourth-order valence-electron chi connectivity index (χ4n) is 3.31. The van der Waals surface area contributed by atoms with Gasteiger partial charge in [-0.15, -0.1) is 5.53 Å². The van der Waals surface area contributed by atoms with E-state index in [1.165, 1.54) is 19.3 Å². The zero-order valence-corrected chi connectivity index (χ0v) is 17.1. The number of nitrogens with zero attached hydrogens (tertiary/aromatic N) is 3. The average molecular weight is 472 g/mol. The maximum Gasteiger partial charge on any atom is 0.416 e. The van der Waals surface area contributed by atoms with Crippen LogP contribution in [-0.4, -0.2) is 15.9 Å². The number of hydrogen-bond acceptors (Lipinski definition) is 6. The standard InChI is InChI=1S/C20H18F6N6O/c1-10(16-17(28-5-4-27-16)32-9-15(30-31-32)11-2-3-11)29-18(33)12-6-13(19(21,22)23)8-14(7-12)20(24,25)26/h4-11,30-31H,2-3H2,1H3,(H,29,33). The lowest BCUT2D eigenvalue weighted by atomic mass is 10.0. The molecule has 1 aliphatic heterocycles. The van der Waals surface area contributed by atoms with E-state index in [1.54, 1.807) is 11.2 Å². The number of nitrogens with one attached hydrogen (secondary N) is 3. The summed E-state index contributed by atoms with van der Waals surface area (Å²) in [6.45, 7) is 1.50. The highest BCUT2D eigenvalue weighted by Gasteiger charge is 2.38. The second-order valence-electron chi connectivity index (χ2n) is 7.72. The largest absolute Gasteiger partial charge is 0.416 e. The van der Waals surface area contributed by atoms with Crippen molar-refractivity contribution in [1.29, 1.82) is 0 Å². The van der Waals surface area contributed by atoms with E-state index in [0.29, 0.717) is 23.9 Å². The summed E-state index contributed by atoms with van der Waals surface area (Å²) in [4.78, 5) is 21.1. The van der Waals surface area contributed by atoms with Crippen molar-refractivity contribution in [3.05, 3.63) is 64.9 Å². The van der Waals surface area contributed by atoms with Crippen LogP contribution in [0.4, 0.5) is 32.2 Å². The van der Waals surface area contributed by atoms with E-state index in [-0.39, 0.29) is 11.8 Å². The molecule has 4 rings (SSSR count). The van der Waals surface area contributed by atoms with Gasteiger partial charge in [0.2, 0.25) is 0 Å². The van der Waals surface area contributed by atoms with E-state index >= 15 is 0 Å². The summed E-state index contributed by atoms with van der Waals surface area (Å²) in [6, 6.07) is -0.154. The number of allylic oxidation sites excluding steroid dienone is 1. The molecule has 1 aromatic carbocycles. The number of amides is 1. The molecule has 0 spiro atoms. The fraction of sp³-hybridized carbons (Fsp3) is 0.350. The predicted octanol–water partition coefficient (Wildman–Crippen LogP) is 4.09. The van der Waals surface area contributed by atoms with Crippen molar-refractivity contribution in [2.24, 2.45) is 5.92 Å². The van der Waals surface area contributed by atoms with Gasteiger partial charge >= 0.3 is 12.4 Å². The second-order valence-corrected chi connectivity index (χ2v) is 7.72. The van der Waals surface area contributed by atoms with E-state index in [4.69, 9.17) is 0 Å². The van der Waals surface area contributed by atoms with Gasteiger partial charge in [-0.3, -0.25) is 9.78 Å². The molecule has 2 heterocycles. The van der Waals surface area contributed by atoms with E-state index in [1.807, 2.05) is 0 Å². The van der Waals surface area contributed by atoms with Crippen LogP contribution in [0.3, 0.4) is 0 Å². The zero-order chi connectivity index (χ0) is 24.0. The maximum absolute atomic E-state index is 13.1. The molecule has 176 valence electrons. The minimum atomic E-state index is -5.06. The topological polar surface area (TPSA) is 82.2 Å². The summed E-state index contributed by atoms with van der Waals surface area (Å²) in [5, 5.41) is 3.95. The molecule has 0 radical (unpaired) electrons. The van der Waals surface area contributed by atoms with Crippen molar-refractivity contribution in [3.8, 4) is 0 Å². The summed E-state index contributed by atoms with van der Waals surface area (Å²) in [5.41, 5.74) is 3.21. The van der Waals surface area contributed by atoms with Crippen LogP contribution in [-0.2, 0) is 12.4 Å². The molecular formula is C20H18F6N6O. The Hall–Kier alpha value is -3.35. The first-order valence-corrected chi connectivity index (χ1v) is 9.87. The zero-order valence-electron chi connectivity index (χ0n) is 17.1. The third-order valence-corrected chi connectivity index (χ3v) is 5.15. The summed E-state index contributed by atoms with van der Waals surface area (Å²) in [6.07, 6.45) is -3.46. The van der Waals surface area contributed by atoms with E-state index in [9.17, 15) is 31.1 Å². The Balaban J connectivity index is 1.59. The van der Waals surface area contributed by atoms with Crippen LogP contribution < -0.4 is 21.3 Å². The number of hydrazine groups is 2. The number of carbonyl (C=O) groups excluding carboxylic acids is 1. The normalized spacial score (nSPS) is 17.4. The van der Waals surface area contributed by atoms with Crippen molar-refractivity contribution in [1.82, 2.24) is 26.2 Å². The lowest BCUT2D eigenvalue weighted by molar-refractivity contribution is -0.143. The number of alkyl halides is 6. The molecule has 0 saturated heterocycles. The Morgan fingerprint density at radius 1 is 1.06 bits per heavy atom. The first-order chi connectivity index (χ1) is 15.4. The Bertz CT molecular complexity index is 1060. The fourth-order valence-corrected chi connectivity index (χ4v) is 3.31. The van der Waals surface area contributed by atoms with Crippen LogP contribution >= 0.6 is 0 Å². The van der Waals surface area contributed by atoms with Gasteiger partial charge in [-0.25, -0.2) is 9.99 Å². The van der Waals surface area contributed by atoms with Crippen LogP contribution in [0.15, 0.2) is 42.5 Å². The highest BCUT2D eigenvalue weighted by Crippen LogP contribution is 2.38. The minimum absolute atomic E-state index is 0.0309. The van der Waals surface area contributed by atoms with Gasteiger partial charge in [-0.2, -0.15) is 26.3 Å². The predicted molar refractivity (Wildman–Crippen MR) is 104 cm³/mol. The number of benzene rings is 1. The number of carbonyl (C=O) groups is 1. The van der Waals surface area contributed by atoms with Gasteiger partial charge in [-0.1, -0.05) is 0 Å². The van der Waals surface area contributed by atoms with Crippen LogP contribution in [0.1, 0.15) is 53.0 Å². The number of rotatable bonds is 5. The Labute approximate surface area is 183 Å². The van der Waals surface area contributed by atoms with E-state index in [0.717, 1.165) is 18.5 Å². The molecule has 1 aromatic heterocycles. The summed E-state index contributed by atoms with van der Waals surface area (Å²) < 4.78 is 78.6. The summed E-state index contributed by atoms with van der Waals surface area (Å²) in [7, 11) is 0. The quantitative estimate of drug-likeness (QED) is 0.569. The second kappa shape index (κ2) is 8.21. The monoisotopic (exact) mass is 472 g/mol. The van der Waals surface area contributed by atoms with Gasteiger partial charge in [0.05, 0.1) is 17.2 Å². The molecule has 1 fully saturated rings. The van der Waals surface area contributed by atoms with Crippen LogP contribution in [0, 0.1) is 5.92 Å². The van der Waals surface area contributed by atoms with Gasteiger partial charge in [0, 0.05) is 35.8 Å². The molecule has 1 amide bonds. The molecule has 1 aliphatic carbocycles. The van der Waals surface area contributed by atoms with Gasteiger partial charge in [0.1, 0.15) is 5.69 Å². The maximum atomic E-state index is 13.1. The molecular weight excluding hydrogens is 454 g/mol. The molecule has 2 aliphatic rings. The lowest BCUT2D eigenvalue weighted by Gasteiger charge is -2.21. The van der Waals surface area contributed by atoms with Crippen LogP contribution in [0.25, 0.3) is 0 Å². The molecule has 2 aromatic rings. The van der Waals surface area contributed by atoms with Gasteiger partial charge in [0.25, 0.3) is 5.91 Å². The highest BCUT2D eigenvalue weighted by molar-refractivity contribution is 5.95. The third kappa shape index (κ3) is 5.02. The Kier molecular flexibility index (Phi) is 5.68. The summed E-state index contributed by atoms with van der Waals surface area (Å²) in [5.74, 6) is -0.394. The SMILES string of the molecule is CC(NC(=O)c1cc(C(F)(F)F)cc(C(F)(F)F)c1)c1nccnc1N1C=C(C2CC2)NN1. The van der Waals surface area contributed by atoms with Crippen LogP contribution in [0.5, 0.6) is 0 Å². The highest BCUT2D eigenvalue weighted by atomic mass is 19.4. The first-order valence-electron chi connectivity index (χ1n) is 9.87. The smallest absolute Gasteiger partial charge is 0.344 e. The number of anilines is 1. The van der Waals surface area contributed by atoms with Gasteiger partial charge < -0.3 is 10.7 Å². The Morgan fingerprint density at radius 2 is 1.67 bits per heavy atom. The Morgan fingerprint density at radius 3 is 2.24 bits per heavy atom. The van der Waals surface area contributed by atoms with Crippen molar-refractivity contribution >= 4 is 11.7 Å².